The van der Waals surface area contributed by atoms with Gasteiger partial charge in [0.05, 0.1) is 4.90 Å². The first kappa shape index (κ1) is 18.8. The molecule has 0 atom stereocenters. The highest BCUT2D eigenvalue weighted by Gasteiger charge is 2.30. The molecule has 1 aliphatic rings. The molecular formula is C16H23BN2O4S. The number of alkyl carbamates (subject to hydrolysis) is 1. The number of piperidine rings is 1. The molecule has 1 aliphatic heterocycles. The van der Waals surface area contributed by atoms with Gasteiger partial charge in [-0.2, -0.15) is 4.31 Å². The van der Waals surface area contributed by atoms with Gasteiger partial charge in [0.15, 0.2) is 0 Å². The van der Waals surface area contributed by atoms with Crippen molar-refractivity contribution in [2.75, 3.05) is 13.1 Å². The number of carbonyl (C=O) groups excluding carboxylic acids is 1. The summed E-state index contributed by atoms with van der Waals surface area (Å²) in [5.74, 6) is 0. The molecule has 6 nitrogen and oxygen atoms in total. The Morgan fingerprint density at radius 2 is 1.92 bits per heavy atom. The van der Waals surface area contributed by atoms with Gasteiger partial charge in [0.2, 0.25) is 10.0 Å². The fourth-order valence-corrected chi connectivity index (χ4v) is 4.06. The first-order valence-corrected chi connectivity index (χ1v) is 9.37. The first-order chi connectivity index (χ1) is 11.1. The molecule has 1 fully saturated rings. The van der Waals surface area contributed by atoms with Crippen molar-refractivity contribution < 1.29 is 17.9 Å². The lowest BCUT2D eigenvalue weighted by Gasteiger charge is -2.32. The zero-order valence-corrected chi connectivity index (χ0v) is 15.1. The molecular weight excluding hydrogens is 327 g/mol. The first-order valence-electron chi connectivity index (χ1n) is 7.93. The van der Waals surface area contributed by atoms with Crippen molar-refractivity contribution in [1.82, 2.24) is 9.62 Å². The Morgan fingerprint density at radius 1 is 1.29 bits per heavy atom. The number of carbonyl (C=O) groups is 1. The average Bonchev–Trinajstić information content (AvgIpc) is 2.45. The highest BCUT2D eigenvalue weighted by molar-refractivity contribution is 7.89. The third-order valence-electron chi connectivity index (χ3n) is 3.67. The Morgan fingerprint density at radius 3 is 2.46 bits per heavy atom. The summed E-state index contributed by atoms with van der Waals surface area (Å²) in [7, 11) is 2.11. The van der Waals surface area contributed by atoms with Crippen LogP contribution in [0.2, 0.25) is 0 Å². The zero-order valence-electron chi connectivity index (χ0n) is 14.3. The molecule has 24 heavy (non-hydrogen) atoms. The van der Waals surface area contributed by atoms with Gasteiger partial charge < -0.3 is 10.1 Å². The monoisotopic (exact) mass is 350 g/mol. The van der Waals surface area contributed by atoms with E-state index in [1.807, 2.05) is 0 Å². The summed E-state index contributed by atoms with van der Waals surface area (Å²) in [5, 5.41) is 2.79. The topological polar surface area (TPSA) is 75.7 Å². The van der Waals surface area contributed by atoms with Gasteiger partial charge in [0.25, 0.3) is 0 Å². The molecule has 1 aromatic rings. The van der Waals surface area contributed by atoms with Crippen molar-refractivity contribution in [1.29, 1.82) is 0 Å². The fraction of sp³-hybridized carbons (Fsp3) is 0.562. The molecule has 1 heterocycles. The molecule has 8 heteroatoms. The minimum absolute atomic E-state index is 0.0906. The van der Waals surface area contributed by atoms with E-state index in [1.54, 1.807) is 32.9 Å². The molecule has 0 unspecified atom stereocenters. The Kier molecular flexibility index (Phi) is 5.60. The van der Waals surface area contributed by atoms with Crippen molar-refractivity contribution in [2.45, 2.75) is 50.2 Å². The van der Waals surface area contributed by atoms with E-state index < -0.39 is 21.7 Å². The molecule has 0 aromatic heterocycles. The maximum Gasteiger partial charge on any atom is 0.407 e. The van der Waals surface area contributed by atoms with Gasteiger partial charge in [-0.1, -0.05) is 17.6 Å². The van der Waals surface area contributed by atoms with E-state index in [4.69, 9.17) is 12.6 Å². The van der Waals surface area contributed by atoms with Gasteiger partial charge in [-0.3, -0.25) is 0 Å². The second-order valence-electron chi connectivity index (χ2n) is 6.90. The summed E-state index contributed by atoms with van der Waals surface area (Å²) >= 11 is 0. The van der Waals surface area contributed by atoms with Crippen LogP contribution in [0.4, 0.5) is 4.79 Å². The molecule has 1 aromatic carbocycles. The van der Waals surface area contributed by atoms with E-state index in [1.165, 1.54) is 16.4 Å². The molecule has 2 radical (unpaired) electrons. The Hall–Kier alpha value is -1.54. The second kappa shape index (κ2) is 7.15. The number of amides is 1. The van der Waals surface area contributed by atoms with Crippen LogP contribution in [0.3, 0.4) is 0 Å². The summed E-state index contributed by atoms with van der Waals surface area (Å²) in [5.41, 5.74) is -0.140. The predicted molar refractivity (Wildman–Crippen MR) is 93.0 cm³/mol. The molecule has 0 aliphatic carbocycles. The van der Waals surface area contributed by atoms with Crippen LogP contribution in [-0.2, 0) is 14.8 Å². The Balaban J connectivity index is 1.94. The highest BCUT2D eigenvalue weighted by Crippen LogP contribution is 2.20. The van der Waals surface area contributed by atoms with Crippen molar-refractivity contribution in [3.05, 3.63) is 24.3 Å². The summed E-state index contributed by atoms with van der Waals surface area (Å²) in [6.07, 6.45) is 0.612. The average molecular weight is 350 g/mol. The van der Waals surface area contributed by atoms with Gasteiger partial charge in [-0.15, -0.1) is 0 Å². The molecule has 0 saturated carbocycles. The number of nitrogens with zero attached hydrogens (tertiary/aromatic N) is 1. The summed E-state index contributed by atoms with van der Waals surface area (Å²) in [6.45, 7) is 6.09. The van der Waals surface area contributed by atoms with Crippen molar-refractivity contribution in [3.63, 3.8) is 0 Å². The zero-order chi connectivity index (χ0) is 18.0. The Bertz CT molecular complexity index is 692. The third kappa shape index (κ3) is 4.98. The maximum absolute atomic E-state index is 12.6. The van der Waals surface area contributed by atoms with Crippen LogP contribution in [0.5, 0.6) is 0 Å². The van der Waals surface area contributed by atoms with E-state index >= 15 is 0 Å². The predicted octanol–water partition coefficient (Wildman–Crippen LogP) is 1.16. The third-order valence-corrected chi connectivity index (χ3v) is 5.57. The number of nitrogens with one attached hydrogen (secondary N) is 1. The van der Waals surface area contributed by atoms with E-state index in [0.29, 0.717) is 31.4 Å². The normalized spacial score (nSPS) is 17.5. The van der Waals surface area contributed by atoms with Crippen molar-refractivity contribution in [3.8, 4) is 0 Å². The quantitative estimate of drug-likeness (QED) is 0.830. The lowest BCUT2D eigenvalue weighted by atomic mass is 9.97. The standard InChI is InChI=1S/C16H23BN2O4S/c1-16(2,3)23-15(20)18-13-7-9-19(10-8-13)24(21,22)14-6-4-5-12(17)11-14/h4-6,11,13H,7-10H2,1-3H3,(H,18,20). The van der Waals surface area contributed by atoms with E-state index in [-0.39, 0.29) is 10.9 Å². The second-order valence-corrected chi connectivity index (χ2v) is 8.84. The smallest absolute Gasteiger partial charge is 0.407 e. The van der Waals surface area contributed by atoms with Crippen molar-refractivity contribution >= 4 is 29.4 Å². The van der Waals surface area contributed by atoms with Crippen LogP contribution in [-0.4, -0.2) is 51.4 Å². The highest BCUT2D eigenvalue weighted by atomic mass is 32.2. The number of hydrogen-bond acceptors (Lipinski definition) is 4. The lowest BCUT2D eigenvalue weighted by molar-refractivity contribution is 0.0489. The van der Waals surface area contributed by atoms with Crippen LogP contribution in [0, 0.1) is 0 Å². The fourth-order valence-electron chi connectivity index (χ4n) is 2.54. The molecule has 0 spiro atoms. The summed E-state index contributed by atoms with van der Waals surface area (Å²) < 4.78 is 31.9. The molecule has 1 saturated heterocycles. The van der Waals surface area contributed by atoms with E-state index in [0.717, 1.165) is 0 Å². The van der Waals surface area contributed by atoms with Crippen LogP contribution in [0.1, 0.15) is 33.6 Å². The van der Waals surface area contributed by atoms with Gasteiger partial charge in [0, 0.05) is 19.1 Å². The SMILES string of the molecule is [B]c1cccc(S(=O)(=O)N2CCC(NC(=O)OC(C)(C)C)CC2)c1. The van der Waals surface area contributed by atoms with Crippen LogP contribution >= 0.6 is 0 Å². The number of rotatable bonds is 3. The molecule has 0 bridgehead atoms. The lowest BCUT2D eigenvalue weighted by Crippen LogP contribution is -2.47. The minimum atomic E-state index is -3.56. The number of hydrogen-bond donors (Lipinski definition) is 1. The maximum atomic E-state index is 12.6. The van der Waals surface area contributed by atoms with Crippen LogP contribution < -0.4 is 10.8 Å². The number of sulfonamides is 1. The van der Waals surface area contributed by atoms with Gasteiger partial charge in [-0.05, 0) is 45.7 Å². The van der Waals surface area contributed by atoms with Gasteiger partial charge in [-0.25, -0.2) is 13.2 Å². The Labute approximate surface area is 145 Å². The van der Waals surface area contributed by atoms with Crippen molar-refractivity contribution in [2.24, 2.45) is 0 Å². The van der Waals surface area contributed by atoms with Gasteiger partial charge >= 0.3 is 6.09 Å². The molecule has 1 amide bonds. The minimum Gasteiger partial charge on any atom is -0.444 e. The largest absolute Gasteiger partial charge is 0.444 e. The number of benzene rings is 1. The number of ether oxygens (including phenoxy) is 1. The summed E-state index contributed by atoms with van der Waals surface area (Å²) in [6, 6.07) is 6.18. The molecule has 130 valence electrons. The summed E-state index contributed by atoms with van der Waals surface area (Å²) in [4.78, 5) is 12.0. The van der Waals surface area contributed by atoms with Gasteiger partial charge in [0.1, 0.15) is 13.4 Å². The molecule has 2 rings (SSSR count). The molecule has 1 N–H and O–H groups in total. The van der Waals surface area contributed by atoms with Crippen LogP contribution in [0.15, 0.2) is 29.2 Å². The van der Waals surface area contributed by atoms with E-state index in [2.05, 4.69) is 5.32 Å². The van der Waals surface area contributed by atoms with Crippen LogP contribution in [0.25, 0.3) is 0 Å². The van der Waals surface area contributed by atoms with E-state index in [9.17, 15) is 13.2 Å².